The minimum absolute atomic E-state index is 0.125. The van der Waals surface area contributed by atoms with Gasteiger partial charge in [-0.1, -0.05) is 6.07 Å². The molecule has 0 aromatic heterocycles. The lowest BCUT2D eigenvalue weighted by atomic mass is 10.1. The van der Waals surface area contributed by atoms with Crippen molar-refractivity contribution >= 4 is 5.69 Å². The lowest BCUT2D eigenvalue weighted by Crippen LogP contribution is -2.50. The molecule has 2 unspecified atom stereocenters. The predicted octanol–water partition coefficient (Wildman–Crippen LogP) is 1.99. The van der Waals surface area contributed by atoms with Gasteiger partial charge in [-0.05, 0) is 38.6 Å². The van der Waals surface area contributed by atoms with E-state index in [1.54, 1.807) is 6.07 Å². The van der Waals surface area contributed by atoms with Crippen molar-refractivity contribution < 1.29 is 4.39 Å². The van der Waals surface area contributed by atoms with Crippen molar-refractivity contribution in [1.29, 1.82) is 0 Å². The third-order valence-corrected chi connectivity index (χ3v) is 3.80. The minimum atomic E-state index is -0.165. The van der Waals surface area contributed by atoms with Gasteiger partial charge in [0.1, 0.15) is 5.82 Å². The van der Waals surface area contributed by atoms with Gasteiger partial charge in [0.25, 0.3) is 0 Å². The van der Waals surface area contributed by atoms with Crippen LogP contribution < -0.4 is 10.6 Å². The minimum Gasteiger partial charge on any atom is -0.366 e. The summed E-state index contributed by atoms with van der Waals surface area (Å²) in [5, 5.41) is 0. The Balaban J connectivity index is 2.19. The molecule has 2 atom stereocenters. The van der Waals surface area contributed by atoms with E-state index in [0.29, 0.717) is 11.7 Å². The fraction of sp³-hybridized carbons (Fsp3) is 0.571. The zero-order valence-corrected chi connectivity index (χ0v) is 11.4. The first-order valence-electron chi connectivity index (χ1n) is 6.49. The highest BCUT2D eigenvalue weighted by molar-refractivity contribution is 5.50. The summed E-state index contributed by atoms with van der Waals surface area (Å²) in [5.74, 6) is -0.165. The molecule has 0 radical (unpaired) electrons. The van der Waals surface area contributed by atoms with Crippen LogP contribution in [0.4, 0.5) is 10.1 Å². The molecule has 4 heteroatoms. The summed E-state index contributed by atoms with van der Waals surface area (Å²) < 4.78 is 14.1. The molecule has 1 aromatic carbocycles. The SMILES string of the molecule is CC(N)c1ccc(N2CCN(C)C(C)C2)c(F)c1. The van der Waals surface area contributed by atoms with E-state index in [1.807, 2.05) is 19.1 Å². The average molecular weight is 251 g/mol. The maximum Gasteiger partial charge on any atom is 0.146 e. The molecule has 1 saturated heterocycles. The van der Waals surface area contributed by atoms with E-state index in [1.165, 1.54) is 0 Å². The van der Waals surface area contributed by atoms with Gasteiger partial charge in [-0.2, -0.15) is 0 Å². The van der Waals surface area contributed by atoms with E-state index in [0.717, 1.165) is 25.2 Å². The van der Waals surface area contributed by atoms with Crippen LogP contribution >= 0.6 is 0 Å². The second-order valence-corrected chi connectivity index (χ2v) is 5.28. The zero-order chi connectivity index (χ0) is 13.3. The normalized spacial score (nSPS) is 23.2. The van der Waals surface area contributed by atoms with E-state index < -0.39 is 0 Å². The van der Waals surface area contributed by atoms with Gasteiger partial charge in [0.2, 0.25) is 0 Å². The molecule has 1 aliphatic rings. The molecule has 1 heterocycles. The zero-order valence-electron chi connectivity index (χ0n) is 11.4. The molecule has 2 N–H and O–H groups in total. The molecular weight excluding hydrogens is 229 g/mol. The van der Waals surface area contributed by atoms with Gasteiger partial charge in [-0.25, -0.2) is 4.39 Å². The van der Waals surface area contributed by atoms with Crippen molar-refractivity contribution in [3.8, 4) is 0 Å². The maximum absolute atomic E-state index is 14.1. The van der Waals surface area contributed by atoms with Crippen LogP contribution in [0, 0.1) is 5.82 Å². The molecule has 0 aliphatic carbocycles. The Labute approximate surface area is 108 Å². The Morgan fingerprint density at radius 3 is 2.67 bits per heavy atom. The van der Waals surface area contributed by atoms with Crippen molar-refractivity contribution in [1.82, 2.24) is 4.90 Å². The average Bonchev–Trinajstić information content (AvgIpc) is 2.32. The topological polar surface area (TPSA) is 32.5 Å². The van der Waals surface area contributed by atoms with Crippen molar-refractivity contribution in [2.45, 2.75) is 25.9 Å². The summed E-state index contributed by atoms with van der Waals surface area (Å²) in [6.45, 7) is 6.74. The first kappa shape index (κ1) is 13.3. The van der Waals surface area contributed by atoms with Crippen LogP contribution in [-0.4, -0.2) is 37.6 Å². The lowest BCUT2D eigenvalue weighted by Gasteiger charge is -2.39. The van der Waals surface area contributed by atoms with Gasteiger partial charge in [0, 0.05) is 31.7 Å². The molecule has 0 spiro atoms. The van der Waals surface area contributed by atoms with Crippen molar-refractivity contribution in [2.24, 2.45) is 5.73 Å². The summed E-state index contributed by atoms with van der Waals surface area (Å²) >= 11 is 0. The van der Waals surface area contributed by atoms with Crippen molar-refractivity contribution in [2.75, 3.05) is 31.6 Å². The van der Waals surface area contributed by atoms with Crippen molar-refractivity contribution in [3.05, 3.63) is 29.6 Å². The Morgan fingerprint density at radius 2 is 2.11 bits per heavy atom. The standard InChI is InChI=1S/C14H22FN3/c1-10-9-18(7-6-17(10)3)14-5-4-12(11(2)16)8-13(14)15/h4-5,8,10-11H,6-7,9,16H2,1-3H3. The second kappa shape index (κ2) is 5.24. The van der Waals surface area contributed by atoms with Gasteiger partial charge >= 0.3 is 0 Å². The number of anilines is 1. The highest BCUT2D eigenvalue weighted by Gasteiger charge is 2.22. The first-order chi connectivity index (χ1) is 8.49. The Hall–Kier alpha value is -1.13. The van der Waals surface area contributed by atoms with Gasteiger partial charge < -0.3 is 15.5 Å². The number of piperazine rings is 1. The molecule has 2 rings (SSSR count). The number of likely N-dealkylation sites (N-methyl/N-ethyl adjacent to an activating group) is 1. The number of benzene rings is 1. The Morgan fingerprint density at radius 1 is 1.39 bits per heavy atom. The summed E-state index contributed by atoms with van der Waals surface area (Å²) in [6, 6.07) is 5.66. The molecule has 18 heavy (non-hydrogen) atoms. The number of rotatable bonds is 2. The fourth-order valence-electron chi connectivity index (χ4n) is 2.33. The molecule has 0 saturated carbocycles. The molecule has 0 amide bonds. The predicted molar refractivity (Wildman–Crippen MR) is 73.3 cm³/mol. The summed E-state index contributed by atoms with van der Waals surface area (Å²) in [5.41, 5.74) is 7.30. The summed E-state index contributed by atoms with van der Waals surface area (Å²) in [6.07, 6.45) is 0. The van der Waals surface area contributed by atoms with Gasteiger partial charge in [0.05, 0.1) is 5.69 Å². The van der Waals surface area contributed by atoms with Crippen LogP contribution in [0.1, 0.15) is 25.5 Å². The molecular formula is C14H22FN3. The van der Waals surface area contributed by atoms with E-state index in [-0.39, 0.29) is 11.9 Å². The quantitative estimate of drug-likeness (QED) is 0.872. The van der Waals surface area contributed by atoms with Gasteiger partial charge in [0.15, 0.2) is 0 Å². The largest absolute Gasteiger partial charge is 0.366 e. The second-order valence-electron chi connectivity index (χ2n) is 5.28. The van der Waals surface area contributed by atoms with E-state index >= 15 is 0 Å². The highest BCUT2D eigenvalue weighted by atomic mass is 19.1. The smallest absolute Gasteiger partial charge is 0.146 e. The van der Waals surface area contributed by atoms with Crippen LogP contribution in [-0.2, 0) is 0 Å². The van der Waals surface area contributed by atoms with Crippen molar-refractivity contribution in [3.63, 3.8) is 0 Å². The summed E-state index contributed by atoms with van der Waals surface area (Å²) in [7, 11) is 2.11. The maximum atomic E-state index is 14.1. The summed E-state index contributed by atoms with van der Waals surface area (Å²) in [4.78, 5) is 4.41. The van der Waals surface area contributed by atoms with Gasteiger partial charge in [-0.15, -0.1) is 0 Å². The van der Waals surface area contributed by atoms with Crippen LogP contribution in [0.2, 0.25) is 0 Å². The number of hydrogen-bond donors (Lipinski definition) is 1. The fourth-order valence-corrected chi connectivity index (χ4v) is 2.33. The third kappa shape index (κ3) is 2.65. The van der Waals surface area contributed by atoms with Gasteiger partial charge in [-0.3, -0.25) is 0 Å². The Bertz CT molecular complexity index is 420. The van der Waals surface area contributed by atoms with E-state index in [2.05, 4.69) is 23.8 Å². The number of halogens is 1. The van der Waals surface area contributed by atoms with E-state index in [9.17, 15) is 4.39 Å². The molecule has 100 valence electrons. The van der Waals surface area contributed by atoms with Crippen LogP contribution in [0.3, 0.4) is 0 Å². The number of hydrogen-bond acceptors (Lipinski definition) is 3. The lowest BCUT2D eigenvalue weighted by molar-refractivity contribution is 0.233. The molecule has 0 bridgehead atoms. The first-order valence-corrected chi connectivity index (χ1v) is 6.49. The monoisotopic (exact) mass is 251 g/mol. The number of nitrogens with two attached hydrogens (primary N) is 1. The number of nitrogens with zero attached hydrogens (tertiary/aromatic N) is 2. The molecule has 3 nitrogen and oxygen atoms in total. The van der Waals surface area contributed by atoms with Crippen LogP contribution in [0.5, 0.6) is 0 Å². The Kier molecular flexibility index (Phi) is 3.88. The molecule has 1 aliphatic heterocycles. The highest BCUT2D eigenvalue weighted by Crippen LogP contribution is 2.24. The van der Waals surface area contributed by atoms with Crippen LogP contribution in [0.25, 0.3) is 0 Å². The molecule has 1 fully saturated rings. The van der Waals surface area contributed by atoms with E-state index in [4.69, 9.17) is 5.73 Å². The van der Waals surface area contributed by atoms with Crippen LogP contribution in [0.15, 0.2) is 18.2 Å². The third-order valence-electron chi connectivity index (χ3n) is 3.80. The molecule has 1 aromatic rings.